The Bertz CT molecular complexity index is 1830. The largest absolute Gasteiger partial charge is 0.484 e. The van der Waals surface area contributed by atoms with E-state index >= 15 is 0 Å². The van der Waals surface area contributed by atoms with Crippen LogP contribution in [0.3, 0.4) is 0 Å². The number of aromatic nitrogens is 4. The lowest BCUT2D eigenvalue weighted by atomic mass is 9.85. The first kappa shape index (κ1) is 35.3. The molecule has 0 saturated carbocycles. The molecule has 4 aromatic rings. The molecular weight excluding hydrogens is 632 g/mol. The maximum Gasteiger partial charge on any atom is 0.320 e. The van der Waals surface area contributed by atoms with Crippen LogP contribution in [0.1, 0.15) is 112 Å². The van der Waals surface area contributed by atoms with Crippen molar-refractivity contribution in [3.05, 3.63) is 82.9 Å². The predicted molar refractivity (Wildman–Crippen MR) is 193 cm³/mol. The summed E-state index contributed by atoms with van der Waals surface area (Å²) >= 11 is 0. The van der Waals surface area contributed by atoms with Crippen molar-refractivity contribution in [3.8, 4) is 5.75 Å². The van der Waals surface area contributed by atoms with Gasteiger partial charge in [0.2, 0.25) is 0 Å². The van der Waals surface area contributed by atoms with Crippen molar-refractivity contribution in [1.29, 1.82) is 0 Å². The van der Waals surface area contributed by atoms with Gasteiger partial charge in [0.25, 0.3) is 5.91 Å². The third-order valence-corrected chi connectivity index (χ3v) is 9.50. The number of hydrogen-bond acceptors (Lipinski definition) is 8. The number of anilines is 1. The summed E-state index contributed by atoms with van der Waals surface area (Å²) in [6, 6.07) is 14.9. The Kier molecular flexibility index (Phi) is 10.1. The van der Waals surface area contributed by atoms with E-state index in [0.717, 1.165) is 59.8 Å². The highest BCUT2D eigenvalue weighted by atomic mass is 16.5. The Balaban J connectivity index is 1.12. The van der Waals surface area contributed by atoms with Crippen LogP contribution in [0.5, 0.6) is 5.75 Å². The van der Waals surface area contributed by atoms with Crippen LogP contribution in [0.15, 0.2) is 54.7 Å². The molecule has 1 aliphatic heterocycles. The average Bonchev–Trinajstić information content (AvgIpc) is 3.50. The molecular formula is C38H50N8O4. The van der Waals surface area contributed by atoms with Crippen LogP contribution in [-0.4, -0.2) is 73.8 Å². The highest BCUT2D eigenvalue weighted by Gasteiger charge is 2.30. The predicted octanol–water partition coefficient (Wildman–Crippen LogP) is 5.68. The minimum Gasteiger partial charge on any atom is -0.484 e. The maximum absolute atomic E-state index is 13.5. The number of ether oxygens (including phenoxy) is 1. The number of aliphatic hydroxyl groups is 1. The van der Waals surface area contributed by atoms with E-state index in [-0.39, 0.29) is 40.7 Å². The second-order valence-electron chi connectivity index (χ2n) is 15.5. The van der Waals surface area contributed by atoms with Gasteiger partial charge < -0.3 is 25.4 Å². The summed E-state index contributed by atoms with van der Waals surface area (Å²) in [5.74, 6) is 1.61. The van der Waals surface area contributed by atoms with Gasteiger partial charge in [0.15, 0.2) is 5.65 Å². The molecule has 1 fully saturated rings. The fourth-order valence-corrected chi connectivity index (χ4v) is 6.66. The van der Waals surface area contributed by atoms with Crippen LogP contribution < -0.4 is 20.7 Å². The lowest BCUT2D eigenvalue weighted by molar-refractivity contribution is 0.0803. The number of piperidine rings is 1. The Hall–Kier alpha value is -4.55. The number of amides is 3. The first-order chi connectivity index (χ1) is 23.7. The molecule has 4 N–H and O–H groups in total. The molecule has 1 aliphatic carbocycles. The zero-order valence-corrected chi connectivity index (χ0v) is 30.0. The molecule has 3 amide bonds. The molecule has 50 heavy (non-hydrogen) atoms. The lowest BCUT2D eigenvalue weighted by Crippen LogP contribution is -2.41. The first-order valence-corrected chi connectivity index (χ1v) is 17.6. The van der Waals surface area contributed by atoms with Crippen LogP contribution in [0.25, 0.3) is 5.65 Å². The summed E-state index contributed by atoms with van der Waals surface area (Å²) in [4.78, 5) is 33.4. The van der Waals surface area contributed by atoms with Crippen LogP contribution in [0.2, 0.25) is 0 Å². The van der Waals surface area contributed by atoms with Crippen molar-refractivity contribution in [3.63, 3.8) is 0 Å². The highest BCUT2D eigenvalue weighted by molar-refractivity contribution is 5.94. The SMILES string of the molecule is CC(C)(C)c1cc(NC(=O)N[C@H]2CC[C@@H](Oc3ccc4nnc(C(C)(C)C)n4c3)c3ccccc32)nc(C(=O)NCCN2CCC(O)CC2)c1. The van der Waals surface area contributed by atoms with E-state index in [0.29, 0.717) is 31.7 Å². The molecule has 12 nitrogen and oxygen atoms in total. The topological polar surface area (TPSA) is 146 Å². The second-order valence-corrected chi connectivity index (χ2v) is 15.5. The average molecular weight is 683 g/mol. The Labute approximate surface area is 294 Å². The zero-order valence-electron chi connectivity index (χ0n) is 30.0. The molecule has 0 radical (unpaired) electrons. The minimum absolute atomic E-state index is 0.175. The summed E-state index contributed by atoms with van der Waals surface area (Å²) in [7, 11) is 0. The number of nitrogens with zero attached hydrogens (tertiary/aromatic N) is 5. The summed E-state index contributed by atoms with van der Waals surface area (Å²) < 4.78 is 8.54. The fourth-order valence-electron chi connectivity index (χ4n) is 6.66. The van der Waals surface area contributed by atoms with Gasteiger partial charge in [0.05, 0.1) is 18.3 Å². The summed E-state index contributed by atoms with van der Waals surface area (Å²) in [6.07, 6.45) is 4.41. The number of urea groups is 1. The van der Waals surface area contributed by atoms with E-state index in [1.807, 2.05) is 47.0 Å². The molecule has 0 bridgehead atoms. The van der Waals surface area contributed by atoms with Gasteiger partial charge in [-0.05, 0) is 72.1 Å². The van der Waals surface area contributed by atoms with Crippen molar-refractivity contribution in [2.75, 3.05) is 31.5 Å². The van der Waals surface area contributed by atoms with Gasteiger partial charge in [-0.3, -0.25) is 14.5 Å². The number of carbonyl (C=O) groups excluding carboxylic acids is 2. The van der Waals surface area contributed by atoms with Gasteiger partial charge in [0.1, 0.15) is 29.2 Å². The van der Waals surface area contributed by atoms with Gasteiger partial charge in [-0.15, -0.1) is 10.2 Å². The molecule has 266 valence electrons. The van der Waals surface area contributed by atoms with E-state index in [1.165, 1.54) is 0 Å². The van der Waals surface area contributed by atoms with E-state index < -0.39 is 6.03 Å². The number of pyridine rings is 2. The molecule has 2 atom stereocenters. The number of hydrogen-bond donors (Lipinski definition) is 4. The van der Waals surface area contributed by atoms with Crippen molar-refractivity contribution in [2.45, 2.75) is 96.3 Å². The number of aliphatic hydroxyl groups excluding tert-OH is 1. The molecule has 4 heterocycles. The molecule has 1 saturated heterocycles. The van der Waals surface area contributed by atoms with Crippen molar-refractivity contribution >= 4 is 23.4 Å². The molecule has 0 unspecified atom stereocenters. The number of rotatable bonds is 8. The number of carbonyl (C=O) groups is 2. The van der Waals surface area contributed by atoms with E-state index in [9.17, 15) is 14.7 Å². The number of benzene rings is 1. The molecule has 3 aromatic heterocycles. The Morgan fingerprint density at radius 2 is 1.66 bits per heavy atom. The molecule has 12 heteroatoms. The second kappa shape index (κ2) is 14.4. The third-order valence-electron chi connectivity index (χ3n) is 9.50. The Morgan fingerprint density at radius 1 is 0.920 bits per heavy atom. The van der Waals surface area contributed by atoms with Crippen molar-refractivity contribution in [1.82, 2.24) is 35.1 Å². The van der Waals surface area contributed by atoms with Crippen molar-refractivity contribution < 1.29 is 19.4 Å². The monoisotopic (exact) mass is 682 g/mol. The normalized spacial score (nSPS) is 18.8. The van der Waals surface area contributed by atoms with Crippen LogP contribution in [-0.2, 0) is 10.8 Å². The zero-order chi connectivity index (χ0) is 35.6. The minimum atomic E-state index is -0.394. The molecule has 2 aliphatic rings. The third kappa shape index (κ3) is 8.24. The number of nitrogens with one attached hydrogen (secondary N) is 3. The van der Waals surface area contributed by atoms with Crippen LogP contribution >= 0.6 is 0 Å². The van der Waals surface area contributed by atoms with Gasteiger partial charge >= 0.3 is 6.03 Å². The van der Waals surface area contributed by atoms with Gasteiger partial charge in [0, 0.05) is 31.6 Å². The summed E-state index contributed by atoms with van der Waals surface area (Å²) in [5, 5.41) is 27.5. The number of fused-ring (bicyclic) bond motifs is 2. The summed E-state index contributed by atoms with van der Waals surface area (Å²) in [6.45, 7) is 15.3. The van der Waals surface area contributed by atoms with Gasteiger partial charge in [-0.1, -0.05) is 65.8 Å². The van der Waals surface area contributed by atoms with Gasteiger partial charge in [-0.25, -0.2) is 9.78 Å². The van der Waals surface area contributed by atoms with E-state index in [4.69, 9.17) is 4.74 Å². The van der Waals surface area contributed by atoms with E-state index in [1.54, 1.807) is 6.07 Å². The first-order valence-electron chi connectivity index (χ1n) is 17.6. The van der Waals surface area contributed by atoms with Crippen molar-refractivity contribution in [2.24, 2.45) is 0 Å². The molecule has 1 aromatic carbocycles. The van der Waals surface area contributed by atoms with Crippen LogP contribution in [0, 0.1) is 0 Å². The quantitative estimate of drug-likeness (QED) is 0.186. The maximum atomic E-state index is 13.5. The number of likely N-dealkylation sites (tertiary alicyclic amines) is 1. The smallest absolute Gasteiger partial charge is 0.320 e. The lowest BCUT2D eigenvalue weighted by Gasteiger charge is -2.32. The summed E-state index contributed by atoms with van der Waals surface area (Å²) in [5.41, 5.74) is 3.49. The fraction of sp³-hybridized carbons (Fsp3) is 0.500. The Morgan fingerprint density at radius 3 is 2.38 bits per heavy atom. The standard InChI is InChI=1S/C38H50N8O4/c1-37(2,3)24-21-30(34(48)39-17-20-45-18-15-25(47)16-19-45)40-32(22-24)42-36(49)41-29-12-13-31(28-10-8-7-9-27(28)29)50-26-11-14-33-43-44-35(38(4,5)6)46(33)23-26/h7-11,14,21-23,25,29,31,47H,12-13,15-20H2,1-6H3,(H,39,48)(H2,40,41,42,49)/t29-,31+/m0/s1. The molecule has 6 rings (SSSR count). The van der Waals surface area contributed by atoms with Gasteiger partial charge in [-0.2, -0.15) is 0 Å². The highest BCUT2D eigenvalue weighted by Crippen LogP contribution is 2.39. The van der Waals surface area contributed by atoms with Crippen LogP contribution in [0.4, 0.5) is 10.6 Å². The molecule has 0 spiro atoms. The van der Waals surface area contributed by atoms with E-state index in [2.05, 4.69) is 83.6 Å².